The standard InChI is InChI=1S/C12H16N4O5/c17-11(14-10(12(18)19)5-8-1-2-8)3-4-15-7-9(6-13-15)16(20)21/h6-8,10H,1-5H2,(H,14,17)(H,18,19). The van der Waals surface area contributed by atoms with Crippen molar-refractivity contribution in [3.05, 3.63) is 22.5 Å². The third kappa shape index (κ3) is 4.55. The summed E-state index contributed by atoms with van der Waals surface area (Å²) in [5, 5.41) is 25.8. The summed E-state index contributed by atoms with van der Waals surface area (Å²) in [5.74, 6) is -1.05. The zero-order valence-electron chi connectivity index (χ0n) is 11.3. The lowest BCUT2D eigenvalue weighted by Gasteiger charge is -2.13. The molecule has 1 fully saturated rings. The minimum atomic E-state index is -1.04. The molecule has 0 radical (unpaired) electrons. The summed E-state index contributed by atoms with van der Waals surface area (Å²) in [6, 6.07) is -0.864. The second kappa shape index (κ2) is 6.33. The minimum absolute atomic E-state index is 0.0211. The number of carboxylic acid groups (broad SMARTS) is 1. The van der Waals surface area contributed by atoms with Gasteiger partial charge in [0, 0.05) is 13.0 Å². The van der Waals surface area contributed by atoms with E-state index in [1.807, 2.05) is 0 Å². The fourth-order valence-corrected chi connectivity index (χ4v) is 1.96. The van der Waals surface area contributed by atoms with E-state index in [-0.39, 0.29) is 18.7 Å². The maximum atomic E-state index is 11.7. The van der Waals surface area contributed by atoms with Crippen LogP contribution in [0.4, 0.5) is 5.69 Å². The van der Waals surface area contributed by atoms with E-state index in [2.05, 4.69) is 10.4 Å². The van der Waals surface area contributed by atoms with E-state index in [0.29, 0.717) is 12.3 Å². The van der Waals surface area contributed by atoms with Crippen molar-refractivity contribution in [3.8, 4) is 0 Å². The Bertz CT molecular complexity index is 552. The first-order valence-corrected chi connectivity index (χ1v) is 6.64. The normalized spacial score (nSPS) is 15.4. The number of hydrogen-bond acceptors (Lipinski definition) is 5. The Labute approximate surface area is 120 Å². The molecule has 1 aliphatic rings. The van der Waals surface area contributed by atoms with Gasteiger partial charge in [-0.05, 0) is 12.3 Å². The van der Waals surface area contributed by atoms with E-state index in [0.717, 1.165) is 19.0 Å². The number of carbonyl (C=O) groups excluding carboxylic acids is 1. The minimum Gasteiger partial charge on any atom is -0.480 e. The number of carbonyl (C=O) groups is 2. The number of nitrogens with zero attached hydrogens (tertiary/aromatic N) is 3. The quantitative estimate of drug-likeness (QED) is 0.532. The maximum absolute atomic E-state index is 11.7. The summed E-state index contributed by atoms with van der Waals surface area (Å²) in [6.45, 7) is 0.162. The Kier molecular flexibility index (Phi) is 4.51. The molecule has 1 unspecified atom stereocenters. The van der Waals surface area contributed by atoms with Gasteiger partial charge in [-0.3, -0.25) is 19.6 Å². The monoisotopic (exact) mass is 296 g/mol. The summed E-state index contributed by atoms with van der Waals surface area (Å²) < 4.78 is 1.29. The van der Waals surface area contributed by atoms with Gasteiger partial charge in [-0.2, -0.15) is 5.10 Å². The second-order valence-electron chi connectivity index (χ2n) is 5.11. The topological polar surface area (TPSA) is 127 Å². The van der Waals surface area contributed by atoms with Crippen molar-refractivity contribution in [1.82, 2.24) is 15.1 Å². The molecule has 1 aliphatic carbocycles. The number of nitrogens with one attached hydrogen (secondary N) is 1. The number of aliphatic carboxylic acids is 1. The third-order valence-corrected chi connectivity index (χ3v) is 3.30. The molecular formula is C12H16N4O5. The highest BCUT2D eigenvalue weighted by molar-refractivity contribution is 5.83. The average Bonchev–Trinajstić information content (AvgIpc) is 3.10. The number of aryl methyl sites for hydroxylation is 1. The molecule has 1 saturated carbocycles. The van der Waals surface area contributed by atoms with Crippen molar-refractivity contribution in [1.29, 1.82) is 0 Å². The van der Waals surface area contributed by atoms with Crippen LogP contribution in [0, 0.1) is 16.0 Å². The molecule has 1 atom stereocenters. The van der Waals surface area contributed by atoms with E-state index >= 15 is 0 Å². The molecule has 0 spiro atoms. The Hall–Kier alpha value is -2.45. The summed E-state index contributed by atoms with van der Waals surface area (Å²) >= 11 is 0. The molecule has 9 heteroatoms. The van der Waals surface area contributed by atoms with E-state index in [9.17, 15) is 19.7 Å². The molecule has 9 nitrogen and oxygen atoms in total. The number of amides is 1. The molecule has 1 heterocycles. The number of nitro groups is 1. The summed E-state index contributed by atoms with van der Waals surface area (Å²) in [7, 11) is 0. The molecule has 2 N–H and O–H groups in total. The van der Waals surface area contributed by atoms with Crippen LogP contribution in [0.5, 0.6) is 0 Å². The average molecular weight is 296 g/mol. The third-order valence-electron chi connectivity index (χ3n) is 3.30. The van der Waals surface area contributed by atoms with Crippen LogP contribution >= 0.6 is 0 Å². The van der Waals surface area contributed by atoms with Gasteiger partial charge in [-0.15, -0.1) is 0 Å². The predicted molar refractivity (Wildman–Crippen MR) is 70.4 cm³/mol. The summed E-state index contributed by atoms with van der Waals surface area (Å²) in [6.07, 6.45) is 4.83. The van der Waals surface area contributed by atoms with E-state index in [4.69, 9.17) is 5.11 Å². The Morgan fingerprint density at radius 1 is 1.57 bits per heavy atom. The Morgan fingerprint density at radius 2 is 2.29 bits per heavy atom. The first kappa shape index (κ1) is 14.9. The van der Waals surface area contributed by atoms with Crippen LogP contribution in [-0.4, -0.2) is 37.7 Å². The van der Waals surface area contributed by atoms with Crippen molar-refractivity contribution in [2.75, 3.05) is 0 Å². The Balaban J connectivity index is 1.79. The van der Waals surface area contributed by atoms with Crippen LogP contribution in [0.1, 0.15) is 25.7 Å². The molecule has 1 aromatic rings. The van der Waals surface area contributed by atoms with Crippen LogP contribution in [0.2, 0.25) is 0 Å². The number of aromatic nitrogens is 2. The lowest BCUT2D eigenvalue weighted by atomic mass is 10.1. The van der Waals surface area contributed by atoms with Gasteiger partial charge in [0.15, 0.2) is 0 Å². The SMILES string of the molecule is O=C(CCn1cc([N+](=O)[O-])cn1)NC(CC1CC1)C(=O)O. The van der Waals surface area contributed by atoms with Crippen molar-refractivity contribution >= 4 is 17.6 Å². The smallest absolute Gasteiger partial charge is 0.326 e. The van der Waals surface area contributed by atoms with E-state index in [1.165, 1.54) is 10.9 Å². The van der Waals surface area contributed by atoms with Crippen LogP contribution in [-0.2, 0) is 16.1 Å². The molecule has 0 saturated heterocycles. The summed E-state index contributed by atoms with van der Waals surface area (Å²) in [5.41, 5.74) is -0.146. The molecule has 0 bridgehead atoms. The summed E-state index contributed by atoms with van der Waals surface area (Å²) in [4.78, 5) is 32.7. The molecular weight excluding hydrogens is 280 g/mol. The van der Waals surface area contributed by atoms with Crippen LogP contribution in [0.3, 0.4) is 0 Å². The van der Waals surface area contributed by atoms with Crippen molar-refractivity contribution in [2.45, 2.75) is 38.3 Å². The van der Waals surface area contributed by atoms with Gasteiger partial charge in [0.25, 0.3) is 0 Å². The molecule has 2 rings (SSSR count). The van der Waals surface area contributed by atoms with Crippen molar-refractivity contribution in [2.24, 2.45) is 5.92 Å². The fourth-order valence-electron chi connectivity index (χ4n) is 1.96. The fraction of sp³-hybridized carbons (Fsp3) is 0.583. The van der Waals surface area contributed by atoms with Gasteiger partial charge in [-0.25, -0.2) is 4.79 Å². The zero-order valence-corrected chi connectivity index (χ0v) is 11.3. The number of hydrogen-bond donors (Lipinski definition) is 2. The highest BCUT2D eigenvalue weighted by atomic mass is 16.6. The van der Waals surface area contributed by atoms with Gasteiger partial charge in [0.05, 0.1) is 4.92 Å². The lowest BCUT2D eigenvalue weighted by Crippen LogP contribution is -2.41. The lowest BCUT2D eigenvalue weighted by molar-refractivity contribution is -0.385. The largest absolute Gasteiger partial charge is 0.480 e. The van der Waals surface area contributed by atoms with E-state index in [1.54, 1.807) is 0 Å². The van der Waals surface area contributed by atoms with Gasteiger partial charge in [-0.1, -0.05) is 12.8 Å². The van der Waals surface area contributed by atoms with Crippen molar-refractivity contribution < 1.29 is 19.6 Å². The highest BCUT2D eigenvalue weighted by Crippen LogP contribution is 2.33. The van der Waals surface area contributed by atoms with Gasteiger partial charge >= 0.3 is 11.7 Å². The highest BCUT2D eigenvalue weighted by Gasteiger charge is 2.30. The molecule has 1 aromatic heterocycles. The van der Waals surface area contributed by atoms with Crippen LogP contribution in [0.15, 0.2) is 12.4 Å². The Morgan fingerprint density at radius 3 is 2.81 bits per heavy atom. The molecule has 21 heavy (non-hydrogen) atoms. The van der Waals surface area contributed by atoms with Gasteiger partial charge in [0.2, 0.25) is 5.91 Å². The molecule has 1 amide bonds. The predicted octanol–water partition coefficient (Wildman–Crippen LogP) is 0.551. The molecule has 114 valence electrons. The van der Waals surface area contributed by atoms with Crippen LogP contribution < -0.4 is 5.32 Å². The van der Waals surface area contributed by atoms with Gasteiger partial charge < -0.3 is 10.4 Å². The molecule has 0 aliphatic heterocycles. The second-order valence-corrected chi connectivity index (χ2v) is 5.11. The van der Waals surface area contributed by atoms with Crippen LogP contribution in [0.25, 0.3) is 0 Å². The number of carboxylic acids is 1. The van der Waals surface area contributed by atoms with Gasteiger partial charge in [0.1, 0.15) is 18.4 Å². The zero-order chi connectivity index (χ0) is 15.4. The maximum Gasteiger partial charge on any atom is 0.326 e. The first-order chi connectivity index (χ1) is 9.95. The number of rotatable bonds is 8. The first-order valence-electron chi connectivity index (χ1n) is 6.64. The van der Waals surface area contributed by atoms with Crippen molar-refractivity contribution in [3.63, 3.8) is 0 Å². The molecule has 0 aromatic carbocycles. The van der Waals surface area contributed by atoms with E-state index < -0.39 is 22.8 Å².